The molecule has 19 heavy (non-hydrogen) atoms. The molecule has 1 atom stereocenters. The van der Waals surface area contributed by atoms with Crippen molar-refractivity contribution in [3.8, 4) is 0 Å². The van der Waals surface area contributed by atoms with Gasteiger partial charge in [-0.25, -0.2) is 0 Å². The molecule has 0 amide bonds. The molecule has 0 saturated carbocycles. The molecule has 0 bridgehead atoms. The summed E-state index contributed by atoms with van der Waals surface area (Å²) in [4.78, 5) is 0. The van der Waals surface area contributed by atoms with E-state index < -0.39 is 0 Å². The van der Waals surface area contributed by atoms with Crippen LogP contribution in [0.3, 0.4) is 0 Å². The number of nitrogens with two attached hydrogens (primary N) is 1. The highest BCUT2D eigenvalue weighted by Crippen LogP contribution is 2.11. The fourth-order valence-electron chi connectivity index (χ4n) is 2.20. The summed E-state index contributed by atoms with van der Waals surface area (Å²) < 4.78 is 7.28. The Labute approximate surface area is 113 Å². The van der Waals surface area contributed by atoms with Crippen molar-refractivity contribution in [1.29, 1.82) is 0 Å². The molecular weight excluding hydrogens is 240 g/mol. The molecule has 3 N–H and O–H groups in total. The zero-order valence-electron chi connectivity index (χ0n) is 11.6. The third-order valence-electron chi connectivity index (χ3n) is 3.40. The van der Waals surface area contributed by atoms with Crippen molar-refractivity contribution in [2.45, 2.75) is 38.6 Å². The molecule has 5 heteroatoms. The number of nitrogens with zero attached hydrogens (tertiary/aromatic N) is 2. The van der Waals surface area contributed by atoms with Gasteiger partial charge in [0, 0.05) is 31.6 Å². The van der Waals surface area contributed by atoms with Crippen molar-refractivity contribution >= 4 is 0 Å². The van der Waals surface area contributed by atoms with Crippen LogP contribution in [-0.4, -0.2) is 15.8 Å². The third-order valence-corrected chi connectivity index (χ3v) is 3.40. The van der Waals surface area contributed by atoms with E-state index in [9.17, 15) is 0 Å². The Morgan fingerprint density at radius 2 is 2.37 bits per heavy atom. The maximum atomic E-state index is 5.64. The maximum Gasteiger partial charge on any atom is 0.103 e. The first-order valence-corrected chi connectivity index (χ1v) is 6.73. The summed E-state index contributed by atoms with van der Waals surface area (Å²) in [6, 6.07) is 6.28. The molecule has 5 nitrogen and oxygen atoms in total. The van der Waals surface area contributed by atoms with Gasteiger partial charge in [-0.2, -0.15) is 5.10 Å². The van der Waals surface area contributed by atoms with Gasteiger partial charge in [-0.3, -0.25) is 16.0 Å². The molecule has 2 heterocycles. The molecule has 0 aliphatic heterocycles. The van der Waals surface area contributed by atoms with Crippen molar-refractivity contribution in [3.05, 3.63) is 41.6 Å². The van der Waals surface area contributed by atoms with Crippen LogP contribution >= 0.6 is 0 Å². The summed E-state index contributed by atoms with van der Waals surface area (Å²) in [6.45, 7) is 2.11. The van der Waals surface area contributed by atoms with E-state index in [1.165, 1.54) is 5.69 Å². The van der Waals surface area contributed by atoms with Crippen LogP contribution in [0.1, 0.15) is 30.5 Å². The van der Waals surface area contributed by atoms with Crippen molar-refractivity contribution in [3.63, 3.8) is 0 Å². The van der Waals surface area contributed by atoms with Gasteiger partial charge in [0.25, 0.3) is 0 Å². The van der Waals surface area contributed by atoms with Crippen molar-refractivity contribution in [2.24, 2.45) is 12.9 Å². The summed E-state index contributed by atoms with van der Waals surface area (Å²) in [5, 5.41) is 4.46. The zero-order chi connectivity index (χ0) is 13.7. The van der Waals surface area contributed by atoms with Crippen LogP contribution in [0.5, 0.6) is 0 Å². The van der Waals surface area contributed by atoms with Gasteiger partial charge in [-0.15, -0.1) is 0 Å². The van der Waals surface area contributed by atoms with E-state index in [1.54, 1.807) is 6.26 Å². The predicted octanol–water partition coefficient (Wildman–Crippen LogP) is 1.58. The average Bonchev–Trinajstić information content (AvgIpc) is 3.04. The predicted molar refractivity (Wildman–Crippen MR) is 74.4 cm³/mol. The number of rotatable bonds is 7. The van der Waals surface area contributed by atoms with E-state index in [1.807, 2.05) is 23.9 Å². The van der Waals surface area contributed by atoms with Crippen LogP contribution < -0.4 is 11.3 Å². The van der Waals surface area contributed by atoms with Gasteiger partial charge in [0.2, 0.25) is 0 Å². The number of aromatic nitrogens is 2. The fraction of sp³-hybridized carbons (Fsp3) is 0.500. The highest BCUT2D eigenvalue weighted by atomic mass is 16.3. The number of hydrogen-bond acceptors (Lipinski definition) is 4. The van der Waals surface area contributed by atoms with E-state index in [2.05, 4.69) is 23.5 Å². The minimum atomic E-state index is 0.227. The van der Waals surface area contributed by atoms with Crippen LogP contribution in [0.4, 0.5) is 0 Å². The minimum absolute atomic E-state index is 0.227. The van der Waals surface area contributed by atoms with E-state index in [-0.39, 0.29) is 6.04 Å². The standard InChI is InChI=1S/C14H22N4O/c1-3-11-9-13(18(2)17-11)10-12(16-15)6-7-14-5-4-8-19-14/h4-5,8-9,12,16H,3,6-7,10,15H2,1-2H3. The lowest BCUT2D eigenvalue weighted by Crippen LogP contribution is -2.37. The van der Waals surface area contributed by atoms with Gasteiger partial charge < -0.3 is 4.42 Å². The molecule has 0 spiro atoms. The first-order valence-electron chi connectivity index (χ1n) is 6.73. The quantitative estimate of drug-likeness (QED) is 0.587. The van der Waals surface area contributed by atoms with Gasteiger partial charge in [-0.05, 0) is 31.0 Å². The molecule has 0 aliphatic rings. The lowest BCUT2D eigenvalue weighted by atomic mass is 10.1. The summed E-state index contributed by atoms with van der Waals surface area (Å²) in [5.74, 6) is 6.64. The first-order chi connectivity index (χ1) is 9.22. The molecule has 0 aliphatic carbocycles. The van der Waals surface area contributed by atoms with Gasteiger partial charge in [0.1, 0.15) is 5.76 Å². The zero-order valence-corrected chi connectivity index (χ0v) is 11.6. The number of hydrazine groups is 1. The van der Waals surface area contributed by atoms with E-state index in [4.69, 9.17) is 10.3 Å². The summed E-state index contributed by atoms with van der Waals surface area (Å²) in [6.07, 6.45) is 5.37. The van der Waals surface area contributed by atoms with Crippen LogP contribution in [-0.2, 0) is 26.3 Å². The molecule has 2 aromatic heterocycles. The summed E-state index contributed by atoms with van der Waals surface area (Å²) >= 11 is 0. The second kappa shape index (κ2) is 6.54. The number of aryl methyl sites for hydroxylation is 3. The number of furan rings is 1. The average molecular weight is 262 g/mol. The SMILES string of the molecule is CCc1cc(CC(CCc2ccco2)NN)n(C)n1. The first kappa shape index (κ1) is 13.8. The van der Waals surface area contributed by atoms with Crippen LogP contribution in [0.15, 0.2) is 28.9 Å². The Morgan fingerprint density at radius 3 is 2.95 bits per heavy atom. The van der Waals surface area contributed by atoms with Crippen molar-refractivity contribution < 1.29 is 4.42 Å². The van der Waals surface area contributed by atoms with E-state index >= 15 is 0 Å². The molecule has 1 unspecified atom stereocenters. The highest BCUT2D eigenvalue weighted by molar-refractivity contribution is 5.11. The van der Waals surface area contributed by atoms with Gasteiger partial charge >= 0.3 is 0 Å². The Morgan fingerprint density at radius 1 is 1.53 bits per heavy atom. The van der Waals surface area contributed by atoms with Crippen molar-refractivity contribution in [2.75, 3.05) is 0 Å². The Kier molecular flexibility index (Phi) is 4.76. The number of hydrogen-bond donors (Lipinski definition) is 2. The highest BCUT2D eigenvalue weighted by Gasteiger charge is 2.12. The summed E-state index contributed by atoms with van der Waals surface area (Å²) in [7, 11) is 1.98. The molecule has 0 fully saturated rings. The van der Waals surface area contributed by atoms with E-state index in [0.717, 1.165) is 37.1 Å². The second-order valence-corrected chi connectivity index (χ2v) is 4.79. The van der Waals surface area contributed by atoms with Gasteiger partial charge in [0.15, 0.2) is 0 Å². The van der Waals surface area contributed by atoms with Gasteiger partial charge in [-0.1, -0.05) is 6.92 Å². The normalized spacial score (nSPS) is 12.8. The smallest absolute Gasteiger partial charge is 0.103 e. The maximum absolute atomic E-state index is 5.64. The van der Waals surface area contributed by atoms with E-state index in [0.29, 0.717) is 0 Å². The van der Waals surface area contributed by atoms with Crippen LogP contribution in [0, 0.1) is 0 Å². The van der Waals surface area contributed by atoms with Crippen LogP contribution in [0.25, 0.3) is 0 Å². The number of nitrogens with one attached hydrogen (secondary N) is 1. The molecule has 0 saturated heterocycles. The Balaban J connectivity index is 1.92. The fourth-order valence-corrected chi connectivity index (χ4v) is 2.20. The van der Waals surface area contributed by atoms with Gasteiger partial charge in [0.05, 0.1) is 12.0 Å². The summed E-state index contributed by atoms with van der Waals surface area (Å²) in [5.41, 5.74) is 5.22. The van der Waals surface area contributed by atoms with Crippen LogP contribution in [0.2, 0.25) is 0 Å². The molecule has 0 aromatic carbocycles. The molecule has 2 aromatic rings. The monoisotopic (exact) mass is 262 g/mol. The molecule has 2 rings (SSSR count). The molecule has 104 valence electrons. The molecular formula is C14H22N4O. The lowest BCUT2D eigenvalue weighted by molar-refractivity contribution is 0.441. The second-order valence-electron chi connectivity index (χ2n) is 4.79. The molecule has 0 radical (unpaired) electrons. The largest absolute Gasteiger partial charge is 0.469 e. The Bertz CT molecular complexity index is 490. The van der Waals surface area contributed by atoms with Crippen molar-refractivity contribution in [1.82, 2.24) is 15.2 Å². The topological polar surface area (TPSA) is 69.0 Å². The lowest BCUT2D eigenvalue weighted by Gasteiger charge is -2.15. The Hall–Kier alpha value is -1.59. The minimum Gasteiger partial charge on any atom is -0.469 e. The third kappa shape index (κ3) is 3.68.